The van der Waals surface area contributed by atoms with Crippen molar-refractivity contribution in [3.8, 4) is 0 Å². The first-order chi connectivity index (χ1) is 6.02. The van der Waals surface area contributed by atoms with Crippen molar-refractivity contribution in [2.45, 2.75) is 19.1 Å². The van der Waals surface area contributed by atoms with Gasteiger partial charge in [0.15, 0.2) is 0 Å². The van der Waals surface area contributed by atoms with E-state index in [9.17, 15) is 4.39 Å². The summed E-state index contributed by atoms with van der Waals surface area (Å²) in [7, 11) is 0. The summed E-state index contributed by atoms with van der Waals surface area (Å²) in [5.74, 6) is -0.400. The molecule has 2 nitrogen and oxygen atoms in total. The van der Waals surface area contributed by atoms with Crippen LogP contribution in [0.1, 0.15) is 18.5 Å². The second-order valence-corrected chi connectivity index (χ2v) is 3.85. The molecule has 2 atom stereocenters. The Morgan fingerprint density at radius 3 is 2.62 bits per heavy atom. The Labute approximate surface area is 84.7 Å². The molecule has 0 saturated heterocycles. The topological polar surface area (TPSA) is 46.2 Å². The average molecular weight is 248 g/mol. The van der Waals surface area contributed by atoms with Gasteiger partial charge >= 0.3 is 0 Å². The molecule has 0 heterocycles. The van der Waals surface area contributed by atoms with E-state index in [0.717, 1.165) is 0 Å². The Morgan fingerprint density at radius 2 is 2.15 bits per heavy atom. The summed E-state index contributed by atoms with van der Waals surface area (Å²) in [6, 6.07) is 3.92. The number of hydrogen-bond acceptors (Lipinski definition) is 2. The first-order valence-electron chi connectivity index (χ1n) is 3.91. The van der Waals surface area contributed by atoms with Crippen molar-refractivity contribution >= 4 is 15.9 Å². The molecule has 1 aromatic rings. The SMILES string of the molecule is CC(O)[C@H](N)c1ccc(Br)cc1F. The summed E-state index contributed by atoms with van der Waals surface area (Å²) in [5, 5.41) is 9.16. The third-order valence-electron chi connectivity index (χ3n) is 1.84. The molecule has 4 heteroatoms. The zero-order chi connectivity index (χ0) is 10.0. The van der Waals surface area contributed by atoms with Gasteiger partial charge < -0.3 is 10.8 Å². The Hall–Kier alpha value is -0.450. The number of rotatable bonds is 2. The first-order valence-corrected chi connectivity index (χ1v) is 4.70. The summed E-state index contributed by atoms with van der Waals surface area (Å²) in [6.45, 7) is 1.53. The highest BCUT2D eigenvalue weighted by Gasteiger charge is 2.15. The van der Waals surface area contributed by atoms with Gasteiger partial charge in [0.25, 0.3) is 0 Å². The fourth-order valence-electron chi connectivity index (χ4n) is 1.03. The maximum absolute atomic E-state index is 13.2. The Kier molecular flexibility index (Phi) is 3.41. The number of aliphatic hydroxyl groups excluding tert-OH is 1. The molecule has 0 saturated carbocycles. The zero-order valence-electron chi connectivity index (χ0n) is 7.17. The normalized spacial score (nSPS) is 15.5. The monoisotopic (exact) mass is 247 g/mol. The van der Waals surface area contributed by atoms with Gasteiger partial charge in [-0.2, -0.15) is 0 Å². The van der Waals surface area contributed by atoms with E-state index in [1.165, 1.54) is 13.0 Å². The molecule has 0 bridgehead atoms. The largest absolute Gasteiger partial charge is 0.391 e. The summed E-state index contributed by atoms with van der Waals surface area (Å²) >= 11 is 3.14. The minimum Gasteiger partial charge on any atom is -0.391 e. The van der Waals surface area contributed by atoms with Crippen LogP contribution in [-0.4, -0.2) is 11.2 Å². The lowest BCUT2D eigenvalue weighted by molar-refractivity contribution is 0.162. The number of hydrogen-bond donors (Lipinski definition) is 2. The highest BCUT2D eigenvalue weighted by molar-refractivity contribution is 9.10. The lowest BCUT2D eigenvalue weighted by atomic mass is 10.0. The highest BCUT2D eigenvalue weighted by Crippen LogP contribution is 2.21. The fraction of sp³-hybridized carbons (Fsp3) is 0.333. The zero-order valence-corrected chi connectivity index (χ0v) is 8.75. The fourth-order valence-corrected chi connectivity index (χ4v) is 1.36. The van der Waals surface area contributed by atoms with Gasteiger partial charge in [0, 0.05) is 10.0 Å². The molecule has 0 fully saturated rings. The van der Waals surface area contributed by atoms with E-state index in [-0.39, 0.29) is 0 Å². The summed E-state index contributed by atoms with van der Waals surface area (Å²) < 4.78 is 13.9. The predicted octanol–water partition coefficient (Wildman–Crippen LogP) is 1.97. The molecule has 0 aliphatic rings. The van der Waals surface area contributed by atoms with E-state index in [2.05, 4.69) is 15.9 Å². The number of nitrogens with two attached hydrogens (primary N) is 1. The van der Waals surface area contributed by atoms with Crippen molar-refractivity contribution in [2.75, 3.05) is 0 Å². The van der Waals surface area contributed by atoms with E-state index in [1.54, 1.807) is 12.1 Å². The summed E-state index contributed by atoms with van der Waals surface area (Å²) in [5.41, 5.74) is 5.92. The van der Waals surface area contributed by atoms with E-state index >= 15 is 0 Å². The molecule has 0 aromatic heterocycles. The van der Waals surface area contributed by atoms with Gasteiger partial charge in [-0.3, -0.25) is 0 Å². The Bertz CT molecular complexity index is 304. The standard InChI is InChI=1S/C9H11BrFNO/c1-5(13)9(12)7-3-2-6(10)4-8(7)11/h2-5,9,13H,12H2,1H3/t5?,9-/m0/s1. The van der Waals surface area contributed by atoms with Gasteiger partial charge in [-0.25, -0.2) is 4.39 Å². The molecule has 0 aliphatic carbocycles. The Morgan fingerprint density at radius 1 is 1.54 bits per heavy atom. The number of benzene rings is 1. The molecule has 1 unspecified atom stereocenters. The molecule has 0 aliphatic heterocycles. The van der Waals surface area contributed by atoms with Gasteiger partial charge in [0.05, 0.1) is 12.1 Å². The summed E-state index contributed by atoms with van der Waals surface area (Å²) in [6.07, 6.45) is -0.754. The van der Waals surface area contributed by atoms with Crippen LogP contribution >= 0.6 is 15.9 Å². The van der Waals surface area contributed by atoms with Crippen LogP contribution < -0.4 is 5.73 Å². The predicted molar refractivity (Wildman–Crippen MR) is 52.7 cm³/mol. The van der Waals surface area contributed by atoms with Crippen molar-refractivity contribution in [3.63, 3.8) is 0 Å². The van der Waals surface area contributed by atoms with E-state index in [1.807, 2.05) is 0 Å². The second-order valence-electron chi connectivity index (χ2n) is 2.93. The third-order valence-corrected chi connectivity index (χ3v) is 2.33. The molecule has 3 N–H and O–H groups in total. The Balaban J connectivity index is 3.01. The van der Waals surface area contributed by atoms with Gasteiger partial charge in [0.1, 0.15) is 5.82 Å². The molecular formula is C9H11BrFNO. The van der Waals surface area contributed by atoms with Crippen molar-refractivity contribution in [1.82, 2.24) is 0 Å². The van der Waals surface area contributed by atoms with Crippen molar-refractivity contribution in [2.24, 2.45) is 5.73 Å². The van der Waals surface area contributed by atoms with Crippen LogP contribution in [0.15, 0.2) is 22.7 Å². The average Bonchev–Trinajstić information content (AvgIpc) is 2.03. The quantitative estimate of drug-likeness (QED) is 0.840. The second kappa shape index (κ2) is 4.17. The van der Waals surface area contributed by atoms with Crippen molar-refractivity contribution in [3.05, 3.63) is 34.1 Å². The molecule has 72 valence electrons. The maximum Gasteiger partial charge on any atom is 0.129 e. The molecule has 1 rings (SSSR count). The van der Waals surface area contributed by atoms with Crippen LogP contribution in [0.25, 0.3) is 0 Å². The molecule has 1 aromatic carbocycles. The van der Waals surface area contributed by atoms with Crippen LogP contribution in [0.3, 0.4) is 0 Å². The van der Waals surface area contributed by atoms with Crippen LogP contribution in [0, 0.1) is 5.82 Å². The summed E-state index contributed by atoms with van der Waals surface area (Å²) in [4.78, 5) is 0. The molecule has 0 amide bonds. The van der Waals surface area contributed by atoms with E-state index < -0.39 is 18.0 Å². The lowest BCUT2D eigenvalue weighted by Gasteiger charge is -2.15. The minimum atomic E-state index is -0.754. The van der Waals surface area contributed by atoms with Gasteiger partial charge in [0.2, 0.25) is 0 Å². The minimum absolute atomic E-state index is 0.332. The van der Waals surface area contributed by atoms with Crippen LogP contribution in [0.5, 0.6) is 0 Å². The third kappa shape index (κ3) is 2.49. The molecular weight excluding hydrogens is 237 g/mol. The first kappa shape index (κ1) is 10.6. The molecule has 0 spiro atoms. The van der Waals surface area contributed by atoms with Crippen LogP contribution in [0.4, 0.5) is 4.39 Å². The highest BCUT2D eigenvalue weighted by atomic mass is 79.9. The van der Waals surface area contributed by atoms with Crippen molar-refractivity contribution in [1.29, 1.82) is 0 Å². The maximum atomic E-state index is 13.2. The van der Waals surface area contributed by atoms with Crippen molar-refractivity contribution < 1.29 is 9.50 Å². The lowest BCUT2D eigenvalue weighted by Crippen LogP contribution is -2.24. The van der Waals surface area contributed by atoms with E-state index in [4.69, 9.17) is 10.8 Å². The molecule has 13 heavy (non-hydrogen) atoms. The molecule has 0 radical (unpaired) electrons. The van der Waals surface area contributed by atoms with Crippen LogP contribution in [0.2, 0.25) is 0 Å². The number of halogens is 2. The van der Waals surface area contributed by atoms with Gasteiger partial charge in [-0.15, -0.1) is 0 Å². The van der Waals surface area contributed by atoms with Gasteiger partial charge in [-0.1, -0.05) is 22.0 Å². The van der Waals surface area contributed by atoms with E-state index in [0.29, 0.717) is 10.0 Å². The van der Waals surface area contributed by atoms with Gasteiger partial charge in [-0.05, 0) is 19.1 Å². The van der Waals surface area contributed by atoms with Crippen LogP contribution in [-0.2, 0) is 0 Å². The smallest absolute Gasteiger partial charge is 0.129 e. The number of aliphatic hydroxyl groups is 1.